The molecule has 0 spiro atoms. The Morgan fingerprint density at radius 3 is 2.68 bits per heavy atom. The standard InChI is InChI=1S/C17H19NO7/c19-6-10-3-8-1-2-11(4-9(8)5-12(10)21)18-14-16(23)15(22)13(7-20)25-17(14)24/h1-4,6,13-18,20,22-24H,5,7H2/t13?,14?,15-,16-,17-/m0/s1. The van der Waals surface area contributed by atoms with Gasteiger partial charge in [-0.05, 0) is 29.3 Å². The van der Waals surface area contributed by atoms with Gasteiger partial charge in [-0.2, -0.15) is 0 Å². The number of fused-ring (bicyclic) bond motifs is 1. The first-order chi connectivity index (χ1) is 11.9. The molecule has 5 N–H and O–H groups in total. The van der Waals surface area contributed by atoms with Crippen molar-refractivity contribution in [3.05, 3.63) is 34.9 Å². The first kappa shape index (κ1) is 17.7. The Hall–Kier alpha value is -2.10. The summed E-state index contributed by atoms with van der Waals surface area (Å²) in [4.78, 5) is 22.7. The van der Waals surface area contributed by atoms with Gasteiger partial charge in [0, 0.05) is 12.1 Å². The van der Waals surface area contributed by atoms with Crippen LogP contribution in [0.15, 0.2) is 23.8 Å². The highest BCUT2D eigenvalue weighted by molar-refractivity contribution is 6.17. The van der Waals surface area contributed by atoms with Crippen LogP contribution >= 0.6 is 0 Å². The number of allylic oxidation sites excluding steroid dienone is 1. The largest absolute Gasteiger partial charge is 0.394 e. The average molecular weight is 349 g/mol. The second-order valence-corrected chi connectivity index (χ2v) is 6.13. The summed E-state index contributed by atoms with van der Waals surface area (Å²) in [6.07, 6.45) is -3.10. The zero-order valence-electron chi connectivity index (χ0n) is 13.2. The number of aliphatic hydroxyl groups is 4. The fraction of sp³-hybridized carbons (Fsp3) is 0.412. The van der Waals surface area contributed by atoms with Crippen LogP contribution in [0.25, 0.3) is 6.08 Å². The van der Waals surface area contributed by atoms with Gasteiger partial charge >= 0.3 is 0 Å². The van der Waals surface area contributed by atoms with E-state index < -0.39 is 37.3 Å². The van der Waals surface area contributed by atoms with Gasteiger partial charge in [0.05, 0.1) is 12.2 Å². The molecule has 134 valence electrons. The quantitative estimate of drug-likeness (QED) is 0.331. The third-order valence-electron chi connectivity index (χ3n) is 4.49. The first-order valence-corrected chi connectivity index (χ1v) is 7.84. The molecule has 0 saturated carbocycles. The van der Waals surface area contributed by atoms with Crippen LogP contribution in [0.1, 0.15) is 11.1 Å². The number of nitrogens with one attached hydrogen (secondary N) is 1. The number of hydrogen-bond acceptors (Lipinski definition) is 8. The number of aldehydes is 1. The number of Topliss-reactive ketones (excluding diaryl/α,β-unsaturated/α-hetero) is 1. The third kappa shape index (κ3) is 3.35. The lowest BCUT2D eigenvalue weighted by Crippen LogP contribution is -2.61. The van der Waals surface area contributed by atoms with Crippen LogP contribution in [0.5, 0.6) is 0 Å². The van der Waals surface area contributed by atoms with Crippen LogP contribution in [0.4, 0.5) is 5.69 Å². The van der Waals surface area contributed by atoms with Crippen molar-refractivity contribution in [1.82, 2.24) is 0 Å². The van der Waals surface area contributed by atoms with Gasteiger partial charge in [-0.3, -0.25) is 9.59 Å². The molecule has 2 aliphatic rings. The van der Waals surface area contributed by atoms with E-state index >= 15 is 0 Å². The minimum Gasteiger partial charge on any atom is -0.394 e. The number of ketones is 1. The second kappa shape index (κ2) is 7.03. The fourth-order valence-corrected chi connectivity index (χ4v) is 3.06. The number of carbonyl (C=O) groups excluding carboxylic acids is 2. The maximum absolute atomic E-state index is 11.8. The summed E-state index contributed by atoms with van der Waals surface area (Å²) in [6, 6.07) is 4.03. The molecule has 5 atom stereocenters. The lowest BCUT2D eigenvalue weighted by Gasteiger charge is -2.40. The van der Waals surface area contributed by atoms with Gasteiger partial charge in [-0.15, -0.1) is 0 Å². The molecule has 1 saturated heterocycles. The summed E-state index contributed by atoms with van der Waals surface area (Å²) in [7, 11) is 0. The number of rotatable bonds is 4. The Labute approximate surface area is 143 Å². The molecule has 2 unspecified atom stereocenters. The Bertz CT molecular complexity index is 717. The molecule has 8 heteroatoms. The molecule has 1 aromatic rings. The average Bonchev–Trinajstić information content (AvgIpc) is 2.61. The molecule has 8 nitrogen and oxygen atoms in total. The van der Waals surface area contributed by atoms with Gasteiger partial charge in [-0.1, -0.05) is 6.07 Å². The number of aliphatic hydroxyl groups excluding tert-OH is 4. The van der Waals surface area contributed by atoms with Crippen LogP contribution in [0.3, 0.4) is 0 Å². The Kier molecular flexibility index (Phi) is 4.98. The van der Waals surface area contributed by atoms with Crippen LogP contribution in [0.2, 0.25) is 0 Å². The maximum atomic E-state index is 11.8. The van der Waals surface area contributed by atoms with E-state index in [9.17, 15) is 24.9 Å². The van der Waals surface area contributed by atoms with E-state index in [0.29, 0.717) is 17.5 Å². The Morgan fingerprint density at radius 2 is 2.00 bits per heavy atom. The minimum atomic E-state index is -1.44. The highest BCUT2D eigenvalue weighted by atomic mass is 16.6. The predicted molar refractivity (Wildman–Crippen MR) is 86.6 cm³/mol. The molecule has 0 amide bonds. The molecule has 0 aromatic heterocycles. The van der Waals surface area contributed by atoms with Crippen molar-refractivity contribution in [2.24, 2.45) is 0 Å². The molecule has 1 aliphatic carbocycles. The SMILES string of the molecule is O=CC1=Cc2ccc(NC3[C@@H](O)OC(CO)[C@H](O)[C@H]3O)cc2CC1=O. The van der Waals surface area contributed by atoms with Crippen LogP contribution in [-0.2, 0) is 20.7 Å². The van der Waals surface area contributed by atoms with Gasteiger partial charge in [-0.25, -0.2) is 0 Å². The minimum absolute atomic E-state index is 0.0803. The summed E-state index contributed by atoms with van der Waals surface area (Å²) < 4.78 is 5.09. The number of anilines is 1. The highest BCUT2D eigenvalue weighted by Gasteiger charge is 2.43. The van der Waals surface area contributed by atoms with E-state index in [-0.39, 0.29) is 17.8 Å². The number of hydrogen-bond donors (Lipinski definition) is 5. The van der Waals surface area contributed by atoms with Gasteiger partial charge < -0.3 is 30.5 Å². The van der Waals surface area contributed by atoms with Crippen LogP contribution < -0.4 is 5.32 Å². The molecule has 1 aliphatic heterocycles. The van der Waals surface area contributed by atoms with Gasteiger partial charge in [0.2, 0.25) is 0 Å². The van der Waals surface area contributed by atoms with E-state index in [1.54, 1.807) is 18.2 Å². The monoisotopic (exact) mass is 349 g/mol. The van der Waals surface area contributed by atoms with Crippen molar-refractivity contribution in [2.75, 3.05) is 11.9 Å². The summed E-state index contributed by atoms with van der Waals surface area (Å²) in [5.41, 5.74) is 2.08. The first-order valence-electron chi connectivity index (χ1n) is 7.84. The van der Waals surface area contributed by atoms with Crippen molar-refractivity contribution in [3.63, 3.8) is 0 Å². The zero-order valence-corrected chi connectivity index (χ0v) is 13.2. The molecular formula is C17H19NO7. The lowest BCUT2D eigenvalue weighted by atomic mass is 9.91. The summed E-state index contributed by atoms with van der Waals surface area (Å²) in [6.45, 7) is -0.533. The molecule has 0 radical (unpaired) electrons. The summed E-state index contributed by atoms with van der Waals surface area (Å²) >= 11 is 0. The van der Waals surface area contributed by atoms with E-state index in [1.807, 2.05) is 0 Å². The van der Waals surface area contributed by atoms with Gasteiger partial charge in [0.1, 0.15) is 24.4 Å². The van der Waals surface area contributed by atoms with Crippen molar-refractivity contribution < 1.29 is 34.8 Å². The van der Waals surface area contributed by atoms with E-state index in [1.165, 1.54) is 6.08 Å². The molecule has 1 fully saturated rings. The Morgan fingerprint density at radius 1 is 1.24 bits per heavy atom. The maximum Gasteiger partial charge on any atom is 0.178 e. The van der Waals surface area contributed by atoms with Crippen molar-refractivity contribution in [2.45, 2.75) is 37.1 Å². The molecule has 1 aromatic carbocycles. The van der Waals surface area contributed by atoms with Gasteiger partial charge in [0.25, 0.3) is 0 Å². The third-order valence-corrected chi connectivity index (χ3v) is 4.49. The van der Waals surface area contributed by atoms with Gasteiger partial charge in [0.15, 0.2) is 18.4 Å². The number of ether oxygens (including phenoxy) is 1. The highest BCUT2D eigenvalue weighted by Crippen LogP contribution is 2.27. The van der Waals surface area contributed by atoms with E-state index in [0.717, 1.165) is 5.56 Å². The molecular weight excluding hydrogens is 330 g/mol. The Balaban J connectivity index is 1.80. The predicted octanol–water partition coefficient (Wildman–Crippen LogP) is -1.39. The fourth-order valence-electron chi connectivity index (χ4n) is 3.06. The van der Waals surface area contributed by atoms with Crippen LogP contribution in [0, 0.1) is 0 Å². The lowest BCUT2D eigenvalue weighted by molar-refractivity contribution is -0.245. The van der Waals surface area contributed by atoms with Crippen LogP contribution in [-0.4, -0.2) is 69.7 Å². The summed E-state index contributed by atoms with van der Waals surface area (Å²) in [5.74, 6) is -0.276. The normalized spacial score (nSPS) is 31.9. The topological polar surface area (TPSA) is 136 Å². The number of carbonyl (C=O) groups is 2. The molecule has 3 rings (SSSR count). The van der Waals surface area contributed by atoms with Crippen molar-refractivity contribution >= 4 is 23.8 Å². The molecule has 0 bridgehead atoms. The van der Waals surface area contributed by atoms with Crippen molar-refractivity contribution in [1.29, 1.82) is 0 Å². The smallest absolute Gasteiger partial charge is 0.178 e. The van der Waals surface area contributed by atoms with E-state index in [4.69, 9.17) is 9.84 Å². The second-order valence-electron chi connectivity index (χ2n) is 6.13. The molecule has 25 heavy (non-hydrogen) atoms. The van der Waals surface area contributed by atoms with Crippen molar-refractivity contribution in [3.8, 4) is 0 Å². The summed E-state index contributed by atoms with van der Waals surface area (Å²) in [5, 5.41) is 42.0. The van der Waals surface area contributed by atoms with E-state index in [2.05, 4.69) is 5.32 Å². The molecule has 1 heterocycles. The number of benzene rings is 1. The zero-order chi connectivity index (χ0) is 18.1.